The summed E-state index contributed by atoms with van der Waals surface area (Å²) in [5.41, 5.74) is 0.408. The highest BCUT2D eigenvalue weighted by Crippen LogP contribution is 2.21. The van der Waals surface area contributed by atoms with Crippen LogP contribution < -0.4 is 5.32 Å². The zero-order valence-corrected chi connectivity index (χ0v) is 12.0. The normalized spacial score (nSPS) is 30.4. The Hall–Kier alpha value is -0.0800. The van der Waals surface area contributed by atoms with Crippen LogP contribution in [0.1, 0.15) is 48.0 Å². The molecule has 2 heteroatoms. The third-order valence-electron chi connectivity index (χ3n) is 3.74. The number of hydrogen-bond acceptors (Lipinski definition) is 2. The van der Waals surface area contributed by atoms with Crippen LogP contribution >= 0.6 is 0 Å². The molecule has 0 saturated carbocycles. The Balaban J connectivity index is 2.55. The molecule has 1 aliphatic rings. The fourth-order valence-corrected chi connectivity index (χ4v) is 2.44. The number of piperazine rings is 1. The Morgan fingerprint density at radius 1 is 1.38 bits per heavy atom. The molecule has 3 unspecified atom stereocenters. The standard InChI is InChI=1S/C14H30N2/c1-7-11(2)13-9-16(10-14(4,5)6)12(3)8-15-13/h11-13,15H,7-10H2,1-6H3. The quantitative estimate of drug-likeness (QED) is 0.796. The van der Waals surface area contributed by atoms with E-state index in [1.165, 1.54) is 19.5 Å². The first-order chi connectivity index (χ1) is 7.33. The first kappa shape index (κ1) is 14.0. The van der Waals surface area contributed by atoms with Crippen molar-refractivity contribution in [3.8, 4) is 0 Å². The molecule has 1 fully saturated rings. The van der Waals surface area contributed by atoms with Gasteiger partial charge in [-0.05, 0) is 18.3 Å². The van der Waals surface area contributed by atoms with Crippen molar-refractivity contribution in [3.05, 3.63) is 0 Å². The van der Waals surface area contributed by atoms with Gasteiger partial charge in [-0.3, -0.25) is 4.90 Å². The molecule has 2 nitrogen and oxygen atoms in total. The van der Waals surface area contributed by atoms with Crippen molar-refractivity contribution in [2.45, 2.75) is 60.0 Å². The van der Waals surface area contributed by atoms with Crippen LogP contribution in [0.15, 0.2) is 0 Å². The van der Waals surface area contributed by atoms with Gasteiger partial charge in [-0.2, -0.15) is 0 Å². The predicted molar refractivity (Wildman–Crippen MR) is 71.7 cm³/mol. The molecule has 0 bridgehead atoms. The SMILES string of the molecule is CCC(C)C1CN(CC(C)(C)C)C(C)CN1. The second-order valence-corrected chi connectivity index (χ2v) is 6.74. The number of rotatable bonds is 3. The summed E-state index contributed by atoms with van der Waals surface area (Å²) in [5.74, 6) is 0.787. The van der Waals surface area contributed by atoms with Gasteiger partial charge in [0.25, 0.3) is 0 Å². The lowest BCUT2D eigenvalue weighted by molar-refractivity contribution is 0.0839. The maximum atomic E-state index is 3.69. The zero-order valence-electron chi connectivity index (χ0n) is 12.0. The minimum Gasteiger partial charge on any atom is -0.311 e. The second kappa shape index (κ2) is 5.50. The molecule has 1 N–H and O–H groups in total. The number of hydrogen-bond donors (Lipinski definition) is 1. The largest absolute Gasteiger partial charge is 0.311 e. The lowest BCUT2D eigenvalue weighted by Gasteiger charge is -2.43. The smallest absolute Gasteiger partial charge is 0.0221 e. The molecule has 0 radical (unpaired) electrons. The fraction of sp³-hybridized carbons (Fsp3) is 1.00. The van der Waals surface area contributed by atoms with Crippen LogP contribution in [0, 0.1) is 11.3 Å². The second-order valence-electron chi connectivity index (χ2n) is 6.74. The summed E-state index contributed by atoms with van der Waals surface area (Å²) in [6.07, 6.45) is 1.27. The van der Waals surface area contributed by atoms with Crippen LogP contribution in [0.3, 0.4) is 0 Å². The fourth-order valence-electron chi connectivity index (χ4n) is 2.44. The molecular weight excluding hydrogens is 196 g/mol. The maximum absolute atomic E-state index is 3.69. The van der Waals surface area contributed by atoms with E-state index in [9.17, 15) is 0 Å². The molecule has 16 heavy (non-hydrogen) atoms. The maximum Gasteiger partial charge on any atom is 0.0221 e. The lowest BCUT2D eigenvalue weighted by Crippen LogP contribution is -2.58. The summed E-state index contributed by atoms with van der Waals surface area (Å²) in [4.78, 5) is 2.66. The highest BCUT2D eigenvalue weighted by Gasteiger charge is 2.29. The van der Waals surface area contributed by atoms with Crippen molar-refractivity contribution >= 4 is 0 Å². The van der Waals surface area contributed by atoms with Crippen LogP contribution in [0.4, 0.5) is 0 Å². The minimum atomic E-state index is 0.408. The van der Waals surface area contributed by atoms with Crippen LogP contribution in [0.5, 0.6) is 0 Å². The summed E-state index contributed by atoms with van der Waals surface area (Å²) < 4.78 is 0. The first-order valence-electron chi connectivity index (χ1n) is 6.81. The van der Waals surface area contributed by atoms with Crippen molar-refractivity contribution in [3.63, 3.8) is 0 Å². The summed E-state index contributed by atoms with van der Waals surface area (Å²) in [5, 5.41) is 3.69. The van der Waals surface area contributed by atoms with Gasteiger partial charge in [-0.15, -0.1) is 0 Å². The van der Waals surface area contributed by atoms with Gasteiger partial charge >= 0.3 is 0 Å². The molecular formula is C14H30N2. The summed E-state index contributed by atoms with van der Waals surface area (Å²) >= 11 is 0. The van der Waals surface area contributed by atoms with Gasteiger partial charge in [0.05, 0.1) is 0 Å². The van der Waals surface area contributed by atoms with Crippen LogP contribution in [-0.2, 0) is 0 Å². The monoisotopic (exact) mass is 226 g/mol. The lowest BCUT2D eigenvalue weighted by atomic mass is 9.91. The average molecular weight is 226 g/mol. The van der Waals surface area contributed by atoms with E-state index in [2.05, 4.69) is 51.8 Å². The molecule has 0 aliphatic carbocycles. The van der Waals surface area contributed by atoms with Crippen LogP contribution in [-0.4, -0.2) is 36.6 Å². The average Bonchev–Trinajstić information content (AvgIpc) is 2.18. The van der Waals surface area contributed by atoms with Gasteiger partial charge in [-0.1, -0.05) is 41.0 Å². The van der Waals surface area contributed by atoms with E-state index in [1.54, 1.807) is 0 Å². The van der Waals surface area contributed by atoms with E-state index in [4.69, 9.17) is 0 Å². The Morgan fingerprint density at radius 2 is 2.00 bits per heavy atom. The van der Waals surface area contributed by atoms with Gasteiger partial charge in [0, 0.05) is 31.7 Å². The van der Waals surface area contributed by atoms with E-state index >= 15 is 0 Å². The van der Waals surface area contributed by atoms with Crippen LogP contribution in [0.2, 0.25) is 0 Å². The summed E-state index contributed by atoms with van der Waals surface area (Å²) in [6.45, 7) is 17.6. The topological polar surface area (TPSA) is 15.3 Å². The van der Waals surface area contributed by atoms with Gasteiger partial charge in [0.1, 0.15) is 0 Å². The highest BCUT2D eigenvalue weighted by molar-refractivity contribution is 4.87. The molecule has 0 amide bonds. The van der Waals surface area contributed by atoms with Gasteiger partial charge in [0.15, 0.2) is 0 Å². The Labute approximate surface area is 102 Å². The molecule has 0 aromatic carbocycles. The van der Waals surface area contributed by atoms with E-state index in [0.717, 1.165) is 12.5 Å². The molecule has 96 valence electrons. The summed E-state index contributed by atoms with van der Waals surface area (Å²) in [6, 6.07) is 1.36. The molecule has 1 saturated heterocycles. The molecule has 3 atom stereocenters. The Morgan fingerprint density at radius 3 is 2.50 bits per heavy atom. The third-order valence-corrected chi connectivity index (χ3v) is 3.74. The summed E-state index contributed by atoms with van der Waals surface area (Å²) in [7, 11) is 0. The molecule has 0 spiro atoms. The molecule has 0 aromatic heterocycles. The minimum absolute atomic E-state index is 0.408. The zero-order chi connectivity index (χ0) is 12.3. The predicted octanol–water partition coefficient (Wildman–Crippen LogP) is 2.74. The highest BCUT2D eigenvalue weighted by atomic mass is 15.2. The van der Waals surface area contributed by atoms with Crippen molar-refractivity contribution in [1.29, 1.82) is 0 Å². The third kappa shape index (κ3) is 4.06. The van der Waals surface area contributed by atoms with E-state index in [0.29, 0.717) is 17.5 Å². The molecule has 0 aromatic rings. The van der Waals surface area contributed by atoms with E-state index in [1.807, 2.05) is 0 Å². The molecule has 1 heterocycles. The Bertz CT molecular complexity index is 207. The van der Waals surface area contributed by atoms with Crippen molar-refractivity contribution in [2.24, 2.45) is 11.3 Å². The van der Waals surface area contributed by atoms with Gasteiger partial charge in [-0.25, -0.2) is 0 Å². The van der Waals surface area contributed by atoms with Crippen LogP contribution in [0.25, 0.3) is 0 Å². The van der Waals surface area contributed by atoms with E-state index < -0.39 is 0 Å². The van der Waals surface area contributed by atoms with E-state index in [-0.39, 0.29) is 0 Å². The van der Waals surface area contributed by atoms with Gasteiger partial charge < -0.3 is 5.32 Å². The van der Waals surface area contributed by atoms with Crippen molar-refractivity contribution < 1.29 is 0 Å². The van der Waals surface area contributed by atoms with Crippen molar-refractivity contribution in [2.75, 3.05) is 19.6 Å². The Kier molecular flexibility index (Phi) is 4.81. The number of nitrogens with zero attached hydrogens (tertiary/aromatic N) is 1. The number of nitrogens with one attached hydrogen (secondary N) is 1. The van der Waals surface area contributed by atoms with Crippen molar-refractivity contribution in [1.82, 2.24) is 10.2 Å². The molecule has 1 aliphatic heterocycles. The first-order valence-corrected chi connectivity index (χ1v) is 6.81. The van der Waals surface area contributed by atoms with Gasteiger partial charge in [0.2, 0.25) is 0 Å². The molecule has 1 rings (SSSR count).